The zero-order chi connectivity index (χ0) is 9.72. The number of Topliss-reactive ketones (excluding diaryl/α,β-unsaturated/α-hetero) is 2. The third-order valence-electron chi connectivity index (χ3n) is 1.23. The molecule has 0 aliphatic heterocycles. The van der Waals surface area contributed by atoms with Gasteiger partial charge in [-0.15, -0.1) is 0 Å². The van der Waals surface area contributed by atoms with Gasteiger partial charge in [-0.25, -0.2) is 0 Å². The first-order valence-corrected chi connectivity index (χ1v) is 4.48. The summed E-state index contributed by atoms with van der Waals surface area (Å²) in [6.45, 7) is 4.20. The normalized spacial score (nSPS) is 12.2. The van der Waals surface area contributed by atoms with E-state index in [4.69, 9.17) is 0 Å². The third-order valence-corrected chi connectivity index (χ3v) is 2.35. The zero-order valence-electron chi connectivity index (χ0n) is 7.42. The average molecular weight is 188 g/mol. The van der Waals surface area contributed by atoms with E-state index < -0.39 is 5.25 Å². The molecule has 0 saturated heterocycles. The number of rotatable bonds is 4. The second-order valence-corrected chi connectivity index (χ2v) is 3.99. The standard InChI is InChI=1S/C8H12O3S/c1-5(9)4-8(6(2)10)12-7(3)11/h8H,4H2,1-3H3. The summed E-state index contributed by atoms with van der Waals surface area (Å²) in [6, 6.07) is 0. The van der Waals surface area contributed by atoms with Gasteiger partial charge in [-0.05, 0) is 13.8 Å². The molecule has 0 aliphatic rings. The van der Waals surface area contributed by atoms with Crippen LogP contribution in [-0.4, -0.2) is 21.9 Å². The number of carbonyl (C=O) groups is 3. The monoisotopic (exact) mass is 188 g/mol. The Labute approximate surface area is 75.9 Å². The minimum atomic E-state index is -0.486. The Morgan fingerprint density at radius 3 is 1.92 bits per heavy atom. The van der Waals surface area contributed by atoms with Crippen molar-refractivity contribution in [2.45, 2.75) is 32.4 Å². The predicted molar refractivity (Wildman–Crippen MR) is 48.0 cm³/mol. The quantitative estimate of drug-likeness (QED) is 0.665. The van der Waals surface area contributed by atoms with Crippen molar-refractivity contribution in [3.63, 3.8) is 0 Å². The van der Waals surface area contributed by atoms with Crippen LogP contribution in [0.1, 0.15) is 27.2 Å². The summed E-state index contributed by atoms with van der Waals surface area (Å²) < 4.78 is 0. The summed E-state index contributed by atoms with van der Waals surface area (Å²) >= 11 is 0.927. The third kappa shape index (κ3) is 5.07. The highest BCUT2D eigenvalue weighted by Gasteiger charge is 2.18. The van der Waals surface area contributed by atoms with Crippen molar-refractivity contribution in [2.24, 2.45) is 0 Å². The van der Waals surface area contributed by atoms with Gasteiger partial charge in [0.25, 0.3) is 0 Å². The maximum atomic E-state index is 10.9. The van der Waals surface area contributed by atoms with Crippen LogP contribution in [0.25, 0.3) is 0 Å². The molecule has 1 unspecified atom stereocenters. The van der Waals surface area contributed by atoms with Crippen molar-refractivity contribution in [3.05, 3.63) is 0 Å². The molecule has 0 amide bonds. The minimum Gasteiger partial charge on any atom is -0.300 e. The molecule has 0 radical (unpaired) electrons. The van der Waals surface area contributed by atoms with Crippen LogP contribution in [0.3, 0.4) is 0 Å². The fourth-order valence-corrected chi connectivity index (χ4v) is 1.61. The molecule has 0 aromatic heterocycles. The van der Waals surface area contributed by atoms with Crippen LogP contribution in [-0.2, 0) is 14.4 Å². The summed E-state index contributed by atoms with van der Waals surface area (Å²) in [5, 5.41) is -0.614. The van der Waals surface area contributed by atoms with E-state index >= 15 is 0 Å². The molecule has 0 saturated carbocycles. The molecule has 0 N–H and O–H groups in total. The van der Waals surface area contributed by atoms with Crippen LogP contribution in [0.5, 0.6) is 0 Å². The molecule has 0 spiro atoms. The molecule has 0 fully saturated rings. The molecular weight excluding hydrogens is 176 g/mol. The van der Waals surface area contributed by atoms with Crippen molar-refractivity contribution in [2.75, 3.05) is 0 Å². The molecule has 0 aliphatic carbocycles. The first-order valence-electron chi connectivity index (χ1n) is 3.60. The van der Waals surface area contributed by atoms with Gasteiger partial charge in [-0.2, -0.15) is 0 Å². The smallest absolute Gasteiger partial charge is 0.186 e. The molecule has 0 aromatic rings. The maximum absolute atomic E-state index is 10.9. The first kappa shape index (κ1) is 11.4. The van der Waals surface area contributed by atoms with Gasteiger partial charge in [0.1, 0.15) is 11.6 Å². The van der Waals surface area contributed by atoms with E-state index in [1.54, 1.807) is 0 Å². The van der Waals surface area contributed by atoms with E-state index in [1.807, 2.05) is 0 Å². The minimum absolute atomic E-state index is 0.0658. The molecule has 68 valence electrons. The molecular formula is C8H12O3S. The van der Waals surface area contributed by atoms with Crippen LogP contribution in [0.4, 0.5) is 0 Å². The van der Waals surface area contributed by atoms with E-state index in [9.17, 15) is 14.4 Å². The molecule has 0 bridgehead atoms. The van der Waals surface area contributed by atoms with E-state index in [0.717, 1.165) is 11.8 Å². The van der Waals surface area contributed by atoms with Gasteiger partial charge < -0.3 is 0 Å². The second-order valence-electron chi connectivity index (χ2n) is 2.61. The highest BCUT2D eigenvalue weighted by Crippen LogP contribution is 2.16. The van der Waals surface area contributed by atoms with Gasteiger partial charge in [0.2, 0.25) is 0 Å². The summed E-state index contributed by atoms with van der Waals surface area (Å²) in [6.07, 6.45) is 0.152. The fraction of sp³-hybridized carbons (Fsp3) is 0.625. The Morgan fingerprint density at radius 2 is 1.67 bits per heavy atom. The highest BCUT2D eigenvalue weighted by atomic mass is 32.2. The van der Waals surface area contributed by atoms with E-state index in [0.29, 0.717) is 0 Å². The van der Waals surface area contributed by atoms with Crippen molar-refractivity contribution < 1.29 is 14.4 Å². The van der Waals surface area contributed by atoms with Gasteiger partial charge in [0.05, 0.1) is 5.25 Å². The van der Waals surface area contributed by atoms with Crippen LogP contribution in [0.15, 0.2) is 0 Å². The molecule has 12 heavy (non-hydrogen) atoms. The lowest BCUT2D eigenvalue weighted by atomic mass is 10.2. The van der Waals surface area contributed by atoms with Crippen LogP contribution < -0.4 is 0 Å². The molecule has 0 aromatic carbocycles. The number of carbonyl (C=O) groups excluding carboxylic acids is 3. The largest absolute Gasteiger partial charge is 0.300 e. The SMILES string of the molecule is CC(=O)CC(SC(C)=O)C(C)=O. The summed E-state index contributed by atoms with van der Waals surface area (Å²) in [5.41, 5.74) is 0. The Bertz CT molecular complexity index is 194. The highest BCUT2D eigenvalue weighted by molar-refractivity contribution is 8.14. The van der Waals surface area contributed by atoms with E-state index in [1.165, 1.54) is 20.8 Å². The Balaban J connectivity index is 4.14. The van der Waals surface area contributed by atoms with E-state index in [-0.39, 0.29) is 23.1 Å². The fourth-order valence-electron chi connectivity index (χ4n) is 0.730. The molecule has 3 nitrogen and oxygen atoms in total. The van der Waals surface area contributed by atoms with E-state index in [2.05, 4.69) is 0 Å². The van der Waals surface area contributed by atoms with Crippen molar-refractivity contribution in [3.8, 4) is 0 Å². The zero-order valence-corrected chi connectivity index (χ0v) is 8.23. The number of ketones is 2. The van der Waals surface area contributed by atoms with Gasteiger partial charge in [-0.1, -0.05) is 11.8 Å². The summed E-state index contributed by atoms with van der Waals surface area (Å²) in [4.78, 5) is 32.2. The number of thioether (sulfide) groups is 1. The number of hydrogen-bond donors (Lipinski definition) is 0. The lowest BCUT2D eigenvalue weighted by Crippen LogP contribution is -2.18. The lowest BCUT2D eigenvalue weighted by Gasteiger charge is -2.07. The van der Waals surface area contributed by atoms with Crippen LogP contribution in [0.2, 0.25) is 0 Å². The summed E-state index contributed by atoms with van der Waals surface area (Å²) in [7, 11) is 0. The topological polar surface area (TPSA) is 51.2 Å². The van der Waals surface area contributed by atoms with Crippen molar-refractivity contribution in [1.82, 2.24) is 0 Å². The molecule has 4 heteroatoms. The van der Waals surface area contributed by atoms with Gasteiger partial charge in [0, 0.05) is 13.3 Å². The van der Waals surface area contributed by atoms with Gasteiger partial charge >= 0.3 is 0 Å². The van der Waals surface area contributed by atoms with Gasteiger partial charge in [0.15, 0.2) is 5.12 Å². The molecule has 0 rings (SSSR count). The second kappa shape index (κ2) is 5.09. The predicted octanol–water partition coefficient (Wildman–Crippen LogP) is 1.20. The summed E-state index contributed by atoms with van der Waals surface area (Å²) in [5.74, 6) is -0.186. The Hall–Kier alpha value is -0.640. The Morgan fingerprint density at radius 1 is 1.17 bits per heavy atom. The van der Waals surface area contributed by atoms with Crippen molar-refractivity contribution in [1.29, 1.82) is 0 Å². The maximum Gasteiger partial charge on any atom is 0.186 e. The van der Waals surface area contributed by atoms with Crippen LogP contribution >= 0.6 is 11.8 Å². The van der Waals surface area contributed by atoms with Crippen molar-refractivity contribution >= 4 is 28.4 Å². The average Bonchev–Trinajstić information content (AvgIpc) is 1.83. The molecule has 0 heterocycles. The Kier molecular flexibility index (Phi) is 4.81. The van der Waals surface area contributed by atoms with Gasteiger partial charge in [-0.3, -0.25) is 14.4 Å². The number of hydrogen-bond acceptors (Lipinski definition) is 4. The first-order chi connectivity index (χ1) is 5.43. The van der Waals surface area contributed by atoms with Crippen LogP contribution in [0, 0.1) is 0 Å². The lowest BCUT2D eigenvalue weighted by molar-refractivity contribution is -0.121. The molecule has 1 atom stereocenters.